The number of esters is 1. The van der Waals surface area contributed by atoms with E-state index in [9.17, 15) is 36.2 Å². The van der Waals surface area contributed by atoms with E-state index in [0.717, 1.165) is 0 Å². The van der Waals surface area contributed by atoms with Gasteiger partial charge in [-0.15, -0.1) is 0 Å². The van der Waals surface area contributed by atoms with Crippen LogP contribution in [0.5, 0.6) is 0 Å². The molecule has 0 aromatic rings. The summed E-state index contributed by atoms with van der Waals surface area (Å²) in [6.07, 6.45) is -13.6. The molecule has 0 bridgehead atoms. The molecule has 2 N–H and O–H groups in total. The summed E-state index contributed by atoms with van der Waals surface area (Å²) in [4.78, 5) is 12.4. The molecule has 0 amide bonds. The second-order valence-corrected chi connectivity index (χ2v) is 9.07. The van der Waals surface area contributed by atoms with Gasteiger partial charge < -0.3 is 9.84 Å². The van der Waals surface area contributed by atoms with Crippen molar-refractivity contribution in [1.29, 1.82) is 0 Å². The summed E-state index contributed by atoms with van der Waals surface area (Å²) in [7, 11) is 0. The van der Waals surface area contributed by atoms with Gasteiger partial charge in [-0.25, -0.2) is 0 Å². The maximum absolute atomic E-state index is 13.3. The smallest absolute Gasteiger partial charge is 0.430 e. The predicted octanol–water partition coefficient (Wildman–Crippen LogP) is 4.22. The molecule has 12 heteroatoms. The van der Waals surface area contributed by atoms with Crippen LogP contribution in [0.3, 0.4) is 0 Å². The number of ether oxygens (including phenoxy) is 1. The Morgan fingerprint density at radius 2 is 1.56 bits per heavy atom. The topological polar surface area (TPSA) is 58.6 Å². The fraction of sp³-hybridized carbons (Fsp3) is 0.923. The predicted molar refractivity (Wildman–Crippen MR) is 93.4 cm³/mol. The number of alkyl halides is 7. The maximum Gasteiger partial charge on any atom is 0.430 e. The average Bonchev–Trinajstić information content (AvgIpc) is 2.92. The van der Waals surface area contributed by atoms with Gasteiger partial charge in [0.15, 0.2) is 5.60 Å². The van der Waals surface area contributed by atoms with E-state index in [-0.39, 0.29) is 12.8 Å². The van der Waals surface area contributed by atoms with Gasteiger partial charge in [-0.1, -0.05) is 22.6 Å². The number of hydrogen-bond donors (Lipinski definition) is 2. The van der Waals surface area contributed by atoms with Crippen LogP contribution in [-0.4, -0.2) is 44.1 Å². The number of halogens is 8. The minimum atomic E-state index is -6.05. The van der Waals surface area contributed by atoms with Gasteiger partial charge in [-0.05, 0) is 39.5 Å². The molecule has 0 aliphatic heterocycles. The Bertz CT molecular complexity index is 489. The third kappa shape index (κ3) is 4.00. The maximum atomic E-state index is 13.3. The molecule has 0 aromatic heterocycles. The van der Waals surface area contributed by atoms with Crippen molar-refractivity contribution >= 4 is 51.4 Å². The van der Waals surface area contributed by atoms with Crippen LogP contribution in [-0.2, 0) is 9.53 Å². The standard InChI is InChI=1S/C13H17F6I2NO3/c1-7(22-21)9(2,20)8(23)25-10(5-3-4-6-10)11(24,12(14,15)16)13(17,18)19/h7,22,24H,3-6H2,1-2H3. The van der Waals surface area contributed by atoms with Crippen molar-refractivity contribution in [3.63, 3.8) is 0 Å². The highest BCUT2D eigenvalue weighted by Crippen LogP contribution is 2.56. The molecule has 148 valence electrons. The third-order valence-electron chi connectivity index (χ3n) is 4.56. The number of nitrogens with one attached hydrogen (secondary N) is 1. The van der Waals surface area contributed by atoms with Gasteiger partial charge in [-0.3, -0.25) is 8.32 Å². The Kier molecular flexibility index (Phi) is 6.99. The fourth-order valence-corrected chi connectivity index (χ4v) is 4.20. The average molecular weight is 603 g/mol. The van der Waals surface area contributed by atoms with Gasteiger partial charge in [0.05, 0.1) is 0 Å². The van der Waals surface area contributed by atoms with Crippen LogP contribution < -0.4 is 3.53 Å². The van der Waals surface area contributed by atoms with Crippen LogP contribution in [0.15, 0.2) is 0 Å². The van der Waals surface area contributed by atoms with Gasteiger partial charge in [-0.2, -0.15) is 26.3 Å². The minimum absolute atomic E-state index is 0.0280. The summed E-state index contributed by atoms with van der Waals surface area (Å²) < 4.78 is 85.8. The van der Waals surface area contributed by atoms with E-state index in [1.54, 1.807) is 45.5 Å². The van der Waals surface area contributed by atoms with E-state index in [0.29, 0.717) is 0 Å². The molecule has 1 aliphatic rings. The molecule has 4 nitrogen and oxygen atoms in total. The lowest BCUT2D eigenvalue weighted by Crippen LogP contribution is -2.71. The van der Waals surface area contributed by atoms with Crippen LogP contribution in [0.2, 0.25) is 0 Å². The second-order valence-electron chi connectivity index (χ2n) is 6.20. The fourth-order valence-electron chi connectivity index (χ4n) is 2.72. The molecular weight excluding hydrogens is 586 g/mol. The lowest BCUT2D eigenvalue weighted by atomic mass is 9.79. The normalized spacial score (nSPS) is 22.4. The van der Waals surface area contributed by atoms with Crippen molar-refractivity contribution < 1.29 is 41.0 Å². The highest BCUT2D eigenvalue weighted by Gasteiger charge is 2.81. The van der Waals surface area contributed by atoms with E-state index in [2.05, 4.69) is 3.53 Å². The Balaban J connectivity index is 3.40. The molecule has 0 aromatic carbocycles. The molecule has 2 unspecified atom stereocenters. The van der Waals surface area contributed by atoms with Gasteiger partial charge in [0.25, 0.3) is 5.60 Å². The SMILES string of the molecule is CC(NI)C(C)(I)C(=O)OC1(C(O)(C(F)(F)F)C(F)(F)F)CCCC1. The molecule has 2 atom stereocenters. The zero-order valence-corrected chi connectivity index (χ0v) is 17.5. The Hall–Kier alpha value is 0.430. The van der Waals surface area contributed by atoms with Crippen LogP contribution in [0.1, 0.15) is 39.5 Å². The summed E-state index contributed by atoms with van der Waals surface area (Å²) in [6.45, 7) is 2.86. The summed E-state index contributed by atoms with van der Waals surface area (Å²) in [5.74, 6) is -1.25. The van der Waals surface area contributed by atoms with Crippen molar-refractivity contribution in [3.05, 3.63) is 0 Å². The minimum Gasteiger partial charge on any atom is -0.454 e. The third-order valence-corrected chi connectivity index (χ3v) is 6.86. The van der Waals surface area contributed by atoms with Gasteiger partial charge in [0, 0.05) is 28.9 Å². The summed E-state index contributed by atoms with van der Waals surface area (Å²) in [5, 5.41) is 9.80. The van der Waals surface area contributed by atoms with Crippen molar-refractivity contribution in [1.82, 2.24) is 3.53 Å². The van der Waals surface area contributed by atoms with Gasteiger partial charge in [0.2, 0.25) is 0 Å². The summed E-state index contributed by atoms with van der Waals surface area (Å²) in [5.41, 5.74) is -8.23. The Labute approximate surface area is 168 Å². The molecule has 1 aliphatic carbocycles. The van der Waals surface area contributed by atoms with E-state index in [1.165, 1.54) is 13.8 Å². The number of rotatable bonds is 5. The number of carbonyl (C=O) groups excluding carboxylic acids is 1. The monoisotopic (exact) mass is 603 g/mol. The lowest BCUT2D eigenvalue weighted by molar-refractivity contribution is -0.412. The highest BCUT2D eigenvalue weighted by atomic mass is 127. The zero-order chi connectivity index (χ0) is 19.9. The largest absolute Gasteiger partial charge is 0.454 e. The van der Waals surface area contributed by atoms with Crippen molar-refractivity contribution in [2.24, 2.45) is 0 Å². The molecular formula is C13H17F6I2NO3. The van der Waals surface area contributed by atoms with Gasteiger partial charge >= 0.3 is 18.3 Å². The first kappa shape index (κ1) is 23.5. The quantitative estimate of drug-likeness (QED) is 0.163. The molecule has 0 saturated heterocycles. The molecule has 0 radical (unpaired) electrons. The van der Waals surface area contributed by atoms with E-state index < -0.39 is 51.8 Å². The van der Waals surface area contributed by atoms with Crippen LogP contribution in [0.4, 0.5) is 26.3 Å². The first-order chi connectivity index (χ1) is 11.1. The summed E-state index contributed by atoms with van der Waals surface area (Å²) >= 11 is 3.32. The van der Waals surface area contributed by atoms with Crippen molar-refractivity contribution in [2.45, 2.75) is 72.5 Å². The van der Waals surface area contributed by atoms with Crippen molar-refractivity contribution in [3.8, 4) is 0 Å². The molecule has 1 rings (SSSR count). The first-order valence-corrected chi connectivity index (χ1v) is 9.37. The van der Waals surface area contributed by atoms with E-state index in [1.807, 2.05) is 0 Å². The zero-order valence-electron chi connectivity index (χ0n) is 13.2. The molecule has 25 heavy (non-hydrogen) atoms. The molecule has 0 heterocycles. The van der Waals surface area contributed by atoms with E-state index in [4.69, 9.17) is 4.74 Å². The first-order valence-electron chi connectivity index (χ1n) is 7.21. The number of hydrogen-bond acceptors (Lipinski definition) is 4. The van der Waals surface area contributed by atoms with Crippen molar-refractivity contribution in [2.75, 3.05) is 0 Å². The van der Waals surface area contributed by atoms with Crippen LogP contribution in [0, 0.1) is 0 Å². The highest BCUT2D eigenvalue weighted by molar-refractivity contribution is 14.1. The molecule has 1 fully saturated rings. The molecule has 0 spiro atoms. The van der Waals surface area contributed by atoms with E-state index >= 15 is 0 Å². The Morgan fingerprint density at radius 3 is 1.88 bits per heavy atom. The summed E-state index contributed by atoms with van der Waals surface area (Å²) in [6, 6.07) is -0.607. The molecule has 1 saturated carbocycles. The Morgan fingerprint density at radius 1 is 1.16 bits per heavy atom. The second kappa shape index (κ2) is 7.45. The van der Waals surface area contributed by atoms with Crippen LogP contribution in [0.25, 0.3) is 0 Å². The van der Waals surface area contributed by atoms with Crippen LogP contribution >= 0.6 is 45.5 Å². The lowest BCUT2D eigenvalue weighted by Gasteiger charge is -2.46. The van der Waals surface area contributed by atoms with Gasteiger partial charge in [0.1, 0.15) is 3.42 Å². The number of aliphatic hydroxyl groups is 1. The number of carbonyl (C=O) groups is 1.